The molecule has 2 aliphatic rings. The third kappa shape index (κ3) is 3.50. The molecule has 2 heterocycles. The molecule has 1 amide bonds. The highest BCUT2D eigenvalue weighted by Gasteiger charge is 2.33. The molecule has 5 nitrogen and oxygen atoms in total. The van der Waals surface area contributed by atoms with E-state index in [1.807, 2.05) is 36.4 Å². The van der Waals surface area contributed by atoms with Crippen molar-refractivity contribution in [1.82, 2.24) is 4.90 Å². The standard InChI is InChI=1S/C24H21ClN2O3S/c25-21-10-9-19(24(28)26-13-11-17-5-1-2-7-20(17)16-26)15-23(21)31(29,30)27-14-12-18-6-3-4-8-22(18)27/h1-10,15H,11-14,16H2. The Bertz CT molecular complexity index is 1290. The largest absolute Gasteiger partial charge is 0.334 e. The van der Waals surface area contributed by atoms with Gasteiger partial charge in [-0.05, 0) is 53.8 Å². The summed E-state index contributed by atoms with van der Waals surface area (Å²) in [6, 6.07) is 20.0. The Kier molecular flexibility index (Phi) is 4.99. The molecule has 0 aromatic heterocycles. The van der Waals surface area contributed by atoms with E-state index in [-0.39, 0.29) is 15.8 Å². The molecular weight excluding hydrogens is 432 g/mol. The van der Waals surface area contributed by atoms with Gasteiger partial charge in [-0.2, -0.15) is 0 Å². The number of para-hydroxylation sites is 1. The Balaban J connectivity index is 1.47. The smallest absolute Gasteiger partial charge is 0.265 e. The zero-order chi connectivity index (χ0) is 21.6. The molecule has 7 heteroatoms. The van der Waals surface area contributed by atoms with Crippen LogP contribution in [0.5, 0.6) is 0 Å². The number of carbonyl (C=O) groups is 1. The van der Waals surface area contributed by atoms with Gasteiger partial charge in [0.1, 0.15) is 4.90 Å². The van der Waals surface area contributed by atoms with Crippen molar-refractivity contribution in [2.45, 2.75) is 24.3 Å². The molecule has 3 aromatic rings. The summed E-state index contributed by atoms with van der Waals surface area (Å²) in [4.78, 5) is 14.9. The van der Waals surface area contributed by atoms with Crippen LogP contribution in [0, 0.1) is 0 Å². The quantitative estimate of drug-likeness (QED) is 0.595. The molecule has 5 rings (SSSR count). The van der Waals surface area contributed by atoms with E-state index in [9.17, 15) is 13.2 Å². The number of anilines is 1. The van der Waals surface area contributed by atoms with Gasteiger partial charge in [-0.1, -0.05) is 54.1 Å². The van der Waals surface area contributed by atoms with Gasteiger partial charge in [-0.25, -0.2) is 8.42 Å². The third-order valence-electron chi connectivity index (χ3n) is 6.01. The maximum absolute atomic E-state index is 13.4. The van der Waals surface area contributed by atoms with Gasteiger partial charge >= 0.3 is 0 Å². The summed E-state index contributed by atoms with van der Waals surface area (Å²) in [5.74, 6) is -0.190. The first-order chi connectivity index (χ1) is 14.9. The second kappa shape index (κ2) is 7.70. The van der Waals surface area contributed by atoms with Crippen LogP contribution in [-0.4, -0.2) is 32.3 Å². The van der Waals surface area contributed by atoms with Gasteiger partial charge in [-0.15, -0.1) is 0 Å². The zero-order valence-corrected chi connectivity index (χ0v) is 18.4. The number of hydrogen-bond acceptors (Lipinski definition) is 3. The third-order valence-corrected chi connectivity index (χ3v) is 8.30. The van der Waals surface area contributed by atoms with E-state index in [2.05, 4.69) is 6.07 Å². The number of amides is 1. The van der Waals surface area contributed by atoms with Crippen LogP contribution in [0.1, 0.15) is 27.0 Å². The molecule has 158 valence electrons. The van der Waals surface area contributed by atoms with Crippen LogP contribution < -0.4 is 4.31 Å². The Morgan fingerprint density at radius 3 is 2.32 bits per heavy atom. The van der Waals surface area contributed by atoms with Gasteiger partial charge in [0.15, 0.2) is 0 Å². The lowest BCUT2D eigenvalue weighted by Gasteiger charge is -2.29. The molecular formula is C24H21ClN2O3S. The maximum atomic E-state index is 13.4. The lowest BCUT2D eigenvalue weighted by Crippen LogP contribution is -2.36. The zero-order valence-electron chi connectivity index (χ0n) is 16.8. The molecule has 0 spiro atoms. The second-order valence-electron chi connectivity index (χ2n) is 7.85. The van der Waals surface area contributed by atoms with Crippen LogP contribution in [0.2, 0.25) is 5.02 Å². The van der Waals surface area contributed by atoms with Crippen LogP contribution in [-0.2, 0) is 29.4 Å². The average molecular weight is 453 g/mol. The number of nitrogens with zero attached hydrogens (tertiary/aromatic N) is 2. The Labute approximate surface area is 186 Å². The highest BCUT2D eigenvalue weighted by molar-refractivity contribution is 7.93. The van der Waals surface area contributed by atoms with E-state index in [1.54, 1.807) is 17.0 Å². The Morgan fingerprint density at radius 1 is 0.839 bits per heavy atom. The first kappa shape index (κ1) is 20.1. The molecule has 2 aliphatic heterocycles. The monoisotopic (exact) mass is 452 g/mol. The SMILES string of the molecule is O=C(c1ccc(Cl)c(S(=O)(=O)N2CCc3ccccc32)c1)N1CCc2ccccc2C1. The fraction of sp³-hybridized carbons (Fsp3) is 0.208. The van der Waals surface area contributed by atoms with Crippen molar-refractivity contribution < 1.29 is 13.2 Å². The molecule has 31 heavy (non-hydrogen) atoms. The minimum absolute atomic E-state index is 0.0332. The van der Waals surface area contributed by atoms with E-state index >= 15 is 0 Å². The maximum Gasteiger partial charge on any atom is 0.265 e. The van der Waals surface area contributed by atoms with Crippen LogP contribution in [0.25, 0.3) is 0 Å². The van der Waals surface area contributed by atoms with Crippen LogP contribution >= 0.6 is 11.6 Å². The lowest BCUT2D eigenvalue weighted by atomic mass is 9.99. The van der Waals surface area contributed by atoms with E-state index in [4.69, 9.17) is 11.6 Å². The van der Waals surface area contributed by atoms with Gasteiger partial charge in [0, 0.05) is 25.2 Å². The fourth-order valence-electron chi connectivity index (χ4n) is 4.36. The van der Waals surface area contributed by atoms with E-state index < -0.39 is 10.0 Å². The molecule has 0 atom stereocenters. The summed E-state index contributed by atoms with van der Waals surface area (Å²) in [6.45, 7) is 1.47. The summed E-state index contributed by atoms with van der Waals surface area (Å²) < 4.78 is 28.3. The van der Waals surface area contributed by atoms with Crippen molar-refractivity contribution in [1.29, 1.82) is 0 Å². The summed E-state index contributed by atoms with van der Waals surface area (Å²) in [5.41, 5.74) is 4.36. The van der Waals surface area contributed by atoms with Crippen molar-refractivity contribution in [2.24, 2.45) is 0 Å². The van der Waals surface area contributed by atoms with Crippen molar-refractivity contribution in [2.75, 3.05) is 17.4 Å². The highest BCUT2D eigenvalue weighted by atomic mass is 35.5. The molecule has 0 saturated carbocycles. The number of halogens is 1. The van der Waals surface area contributed by atoms with E-state index in [0.717, 1.165) is 17.5 Å². The van der Waals surface area contributed by atoms with Gasteiger partial charge in [0.05, 0.1) is 10.7 Å². The number of fused-ring (bicyclic) bond motifs is 2. The first-order valence-corrected chi connectivity index (χ1v) is 12.0. The van der Waals surface area contributed by atoms with Gasteiger partial charge in [0.25, 0.3) is 15.9 Å². The molecule has 0 radical (unpaired) electrons. The Morgan fingerprint density at radius 2 is 1.52 bits per heavy atom. The average Bonchev–Trinajstić information content (AvgIpc) is 3.23. The second-order valence-corrected chi connectivity index (χ2v) is 10.1. The Hall–Kier alpha value is -2.83. The molecule has 0 N–H and O–H groups in total. The van der Waals surface area contributed by atoms with Gasteiger partial charge in [0.2, 0.25) is 0 Å². The van der Waals surface area contributed by atoms with Crippen molar-refractivity contribution >= 4 is 33.2 Å². The van der Waals surface area contributed by atoms with Gasteiger partial charge < -0.3 is 4.90 Å². The summed E-state index contributed by atoms with van der Waals surface area (Å²) in [6.07, 6.45) is 1.43. The highest BCUT2D eigenvalue weighted by Crippen LogP contribution is 2.35. The van der Waals surface area contributed by atoms with Crippen molar-refractivity contribution in [3.8, 4) is 0 Å². The predicted octanol–water partition coefficient (Wildman–Crippen LogP) is 4.29. The normalized spacial score (nSPS) is 15.5. The molecule has 0 aliphatic carbocycles. The van der Waals surface area contributed by atoms with Crippen LogP contribution in [0.15, 0.2) is 71.6 Å². The molecule has 0 unspecified atom stereocenters. The summed E-state index contributed by atoms with van der Waals surface area (Å²) >= 11 is 6.31. The minimum atomic E-state index is -3.89. The van der Waals surface area contributed by atoms with Crippen molar-refractivity contribution in [3.63, 3.8) is 0 Å². The lowest BCUT2D eigenvalue weighted by molar-refractivity contribution is 0.0734. The van der Waals surface area contributed by atoms with Crippen molar-refractivity contribution in [3.05, 3.63) is 94.0 Å². The number of rotatable bonds is 3. The molecule has 0 bridgehead atoms. The number of carbonyl (C=O) groups excluding carboxylic acids is 1. The minimum Gasteiger partial charge on any atom is -0.334 e. The van der Waals surface area contributed by atoms with E-state index in [0.29, 0.717) is 37.3 Å². The number of sulfonamides is 1. The van der Waals surface area contributed by atoms with E-state index in [1.165, 1.54) is 22.0 Å². The molecule has 0 fully saturated rings. The van der Waals surface area contributed by atoms with Gasteiger partial charge in [-0.3, -0.25) is 9.10 Å². The number of benzene rings is 3. The number of hydrogen-bond donors (Lipinski definition) is 0. The fourth-order valence-corrected chi connectivity index (χ4v) is 6.37. The molecule has 0 saturated heterocycles. The predicted molar refractivity (Wildman–Crippen MR) is 121 cm³/mol. The van der Waals surface area contributed by atoms with Crippen LogP contribution in [0.4, 0.5) is 5.69 Å². The molecule has 3 aromatic carbocycles. The summed E-state index contributed by atoms with van der Waals surface area (Å²) in [5, 5.41) is 0.116. The topological polar surface area (TPSA) is 57.7 Å². The first-order valence-electron chi connectivity index (χ1n) is 10.2. The summed E-state index contributed by atoms with van der Waals surface area (Å²) in [7, 11) is -3.89. The van der Waals surface area contributed by atoms with Crippen LogP contribution in [0.3, 0.4) is 0 Å².